The molecule has 0 saturated carbocycles. The molecule has 1 atom stereocenters. The Morgan fingerprint density at radius 3 is 1.89 bits per heavy atom. The lowest BCUT2D eigenvalue weighted by atomic mass is 10.2. The van der Waals surface area contributed by atoms with E-state index in [-0.39, 0.29) is 11.1 Å². The van der Waals surface area contributed by atoms with Gasteiger partial charge in [0.2, 0.25) is 0 Å². The van der Waals surface area contributed by atoms with E-state index in [1.54, 1.807) is 7.11 Å². The van der Waals surface area contributed by atoms with Gasteiger partial charge in [-0.15, -0.1) is 0 Å². The van der Waals surface area contributed by atoms with Gasteiger partial charge < -0.3 is 13.9 Å². The number of benzene rings is 2. The maximum Gasteiger partial charge on any atom is 0.261 e. The largest absolute Gasteiger partial charge is 0.404 e. The number of hydrogen-bond donors (Lipinski definition) is 0. The molecule has 0 fully saturated rings. The lowest BCUT2D eigenvalue weighted by Crippen LogP contribution is -2.66. The minimum Gasteiger partial charge on any atom is -0.404 e. The predicted molar refractivity (Wildman–Crippen MR) is 120 cm³/mol. The summed E-state index contributed by atoms with van der Waals surface area (Å²) in [5.74, 6) is 0. The molecule has 0 amide bonds. The van der Waals surface area contributed by atoms with E-state index < -0.39 is 8.32 Å². The second-order valence-electron chi connectivity index (χ2n) is 8.14. The summed E-state index contributed by atoms with van der Waals surface area (Å²) >= 11 is 0. The van der Waals surface area contributed by atoms with Crippen LogP contribution in [0.15, 0.2) is 72.3 Å². The van der Waals surface area contributed by atoms with Gasteiger partial charge in [-0.2, -0.15) is 0 Å². The van der Waals surface area contributed by atoms with Gasteiger partial charge in [0.1, 0.15) is 6.79 Å². The van der Waals surface area contributed by atoms with Gasteiger partial charge in [-0.3, -0.25) is 0 Å². The van der Waals surface area contributed by atoms with Gasteiger partial charge in [0.25, 0.3) is 8.32 Å². The summed E-state index contributed by atoms with van der Waals surface area (Å²) in [7, 11) is -0.850. The van der Waals surface area contributed by atoms with Crippen LogP contribution < -0.4 is 10.4 Å². The zero-order valence-corrected chi connectivity index (χ0v) is 19.1. The highest BCUT2D eigenvalue weighted by atomic mass is 28.4. The molecule has 0 spiro atoms. The van der Waals surface area contributed by atoms with Crippen LogP contribution in [-0.4, -0.2) is 34.9 Å². The lowest BCUT2D eigenvalue weighted by Gasteiger charge is -2.42. The minimum atomic E-state index is -2.49. The van der Waals surface area contributed by atoms with Crippen LogP contribution in [0.25, 0.3) is 0 Å². The SMILES string of the molecule is COCO[C@@H](C)/C(C)=C/CO[Si](c1ccccc1)(c1ccccc1)C(C)(C)C. The standard InChI is InChI=1S/C24H34O3Si/c1-20(21(2)26-19-25-6)17-18-27-28(24(3,4)5,22-13-9-7-10-14-22)23-15-11-8-12-16-23/h7-17,21H,18-19H2,1-6H3/b20-17+/t21-/m0/s1. The van der Waals surface area contributed by atoms with Gasteiger partial charge in [-0.05, 0) is 34.8 Å². The predicted octanol–water partition coefficient (Wildman–Crippen LogP) is 4.52. The minimum absolute atomic E-state index is 0.00250. The van der Waals surface area contributed by atoms with E-state index in [0.29, 0.717) is 13.4 Å². The molecule has 0 radical (unpaired) electrons. The third kappa shape index (κ3) is 5.20. The molecule has 2 rings (SSSR count). The first kappa shape index (κ1) is 22.6. The Labute approximate surface area is 171 Å². The van der Waals surface area contributed by atoms with Crippen LogP contribution in [0.1, 0.15) is 34.6 Å². The summed E-state index contributed by atoms with van der Waals surface area (Å²) in [5.41, 5.74) is 1.15. The second-order valence-corrected chi connectivity index (χ2v) is 12.4. The molecular weight excluding hydrogens is 364 g/mol. The van der Waals surface area contributed by atoms with Crippen molar-refractivity contribution in [1.82, 2.24) is 0 Å². The van der Waals surface area contributed by atoms with Gasteiger partial charge in [-0.1, -0.05) is 87.5 Å². The molecule has 28 heavy (non-hydrogen) atoms. The Morgan fingerprint density at radius 1 is 0.964 bits per heavy atom. The van der Waals surface area contributed by atoms with Gasteiger partial charge in [0.05, 0.1) is 12.7 Å². The summed E-state index contributed by atoms with van der Waals surface area (Å²) in [6, 6.07) is 21.4. The maximum absolute atomic E-state index is 6.87. The molecule has 0 aromatic heterocycles. The summed E-state index contributed by atoms with van der Waals surface area (Å²) in [4.78, 5) is 0. The van der Waals surface area contributed by atoms with Crippen LogP contribution in [0.3, 0.4) is 0 Å². The van der Waals surface area contributed by atoms with Crippen LogP contribution in [-0.2, 0) is 13.9 Å². The molecule has 0 saturated heterocycles. The molecule has 2 aromatic carbocycles. The van der Waals surface area contributed by atoms with Crippen molar-refractivity contribution in [3.05, 3.63) is 72.3 Å². The quantitative estimate of drug-likeness (QED) is 0.353. The van der Waals surface area contributed by atoms with Crippen molar-refractivity contribution >= 4 is 18.7 Å². The van der Waals surface area contributed by atoms with Gasteiger partial charge in [-0.25, -0.2) is 0 Å². The van der Waals surface area contributed by atoms with E-state index in [1.807, 2.05) is 6.92 Å². The number of rotatable bonds is 9. The normalized spacial score (nSPS) is 14.1. The third-order valence-corrected chi connectivity index (χ3v) is 10.2. The van der Waals surface area contributed by atoms with Crippen molar-refractivity contribution in [3.63, 3.8) is 0 Å². The monoisotopic (exact) mass is 398 g/mol. The topological polar surface area (TPSA) is 27.7 Å². The van der Waals surface area contributed by atoms with Gasteiger partial charge in [0, 0.05) is 7.11 Å². The average molecular weight is 399 g/mol. The Balaban J connectivity index is 2.39. The first-order valence-corrected chi connectivity index (χ1v) is 11.8. The highest BCUT2D eigenvalue weighted by molar-refractivity contribution is 6.99. The first-order chi connectivity index (χ1) is 13.3. The van der Waals surface area contributed by atoms with Crippen molar-refractivity contribution in [1.29, 1.82) is 0 Å². The van der Waals surface area contributed by atoms with E-state index in [0.717, 1.165) is 5.57 Å². The molecule has 0 unspecified atom stereocenters. The van der Waals surface area contributed by atoms with Crippen molar-refractivity contribution in [2.75, 3.05) is 20.5 Å². The number of methoxy groups -OCH3 is 1. The van der Waals surface area contributed by atoms with Crippen molar-refractivity contribution in [3.8, 4) is 0 Å². The van der Waals surface area contributed by atoms with Crippen LogP contribution in [0, 0.1) is 0 Å². The number of ether oxygens (including phenoxy) is 2. The molecule has 0 aliphatic heterocycles. The zero-order valence-electron chi connectivity index (χ0n) is 18.1. The van der Waals surface area contributed by atoms with E-state index in [2.05, 4.69) is 94.4 Å². The lowest BCUT2D eigenvalue weighted by molar-refractivity contribution is -0.0531. The Morgan fingerprint density at radius 2 is 1.46 bits per heavy atom. The van der Waals surface area contributed by atoms with Crippen LogP contribution >= 0.6 is 0 Å². The Kier molecular flexibility index (Phi) is 8.19. The molecule has 152 valence electrons. The summed E-state index contributed by atoms with van der Waals surface area (Å²) in [5, 5.41) is 2.57. The molecule has 0 N–H and O–H groups in total. The second kappa shape index (κ2) is 10.2. The van der Waals surface area contributed by atoms with Gasteiger partial charge in [0.15, 0.2) is 0 Å². The van der Waals surface area contributed by atoms with Crippen LogP contribution in [0.4, 0.5) is 0 Å². The Hall–Kier alpha value is -1.72. The molecular formula is C24H34O3Si. The molecule has 3 nitrogen and oxygen atoms in total. The smallest absolute Gasteiger partial charge is 0.261 e. The van der Waals surface area contributed by atoms with Crippen molar-refractivity contribution < 1.29 is 13.9 Å². The van der Waals surface area contributed by atoms with Crippen LogP contribution in [0.2, 0.25) is 5.04 Å². The van der Waals surface area contributed by atoms with Gasteiger partial charge >= 0.3 is 0 Å². The van der Waals surface area contributed by atoms with E-state index in [4.69, 9.17) is 13.9 Å². The molecule has 2 aromatic rings. The zero-order chi connectivity index (χ0) is 20.6. The summed E-state index contributed by atoms with van der Waals surface area (Å²) in [6.45, 7) is 11.8. The van der Waals surface area contributed by atoms with E-state index >= 15 is 0 Å². The fourth-order valence-electron chi connectivity index (χ4n) is 3.53. The molecule has 0 bridgehead atoms. The summed E-state index contributed by atoms with van der Waals surface area (Å²) in [6.07, 6.45) is 2.14. The number of hydrogen-bond acceptors (Lipinski definition) is 3. The maximum atomic E-state index is 6.87. The molecule has 0 heterocycles. The van der Waals surface area contributed by atoms with E-state index in [9.17, 15) is 0 Å². The van der Waals surface area contributed by atoms with Crippen molar-refractivity contribution in [2.24, 2.45) is 0 Å². The van der Waals surface area contributed by atoms with Crippen LogP contribution in [0.5, 0.6) is 0 Å². The van der Waals surface area contributed by atoms with E-state index in [1.165, 1.54) is 10.4 Å². The van der Waals surface area contributed by atoms with Crippen molar-refractivity contribution in [2.45, 2.75) is 45.8 Å². The molecule has 0 aliphatic carbocycles. The highest BCUT2D eigenvalue weighted by Crippen LogP contribution is 2.36. The molecule has 0 aliphatic rings. The summed E-state index contributed by atoms with van der Waals surface area (Å²) < 4.78 is 17.5. The Bertz CT molecular complexity index is 696. The fourth-order valence-corrected chi connectivity index (χ4v) is 8.02. The third-order valence-electron chi connectivity index (χ3n) is 5.20. The average Bonchev–Trinajstić information content (AvgIpc) is 2.69. The first-order valence-electron chi connectivity index (χ1n) is 9.85. The highest BCUT2D eigenvalue weighted by Gasteiger charge is 2.49. The fraction of sp³-hybridized carbons (Fsp3) is 0.417. The molecule has 4 heteroatoms.